The van der Waals surface area contributed by atoms with Crippen molar-refractivity contribution in [3.8, 4) is 0 Å². The largest absolute Gasteiger partial charge is 0.301 e. The van der Waals surface area contributed by atoms with Crippen molar-refractivity contribution in [2.24, 2.45) is 4.99 Å². The summed E-state index contributed by atoms with van der Waals surface area (Å²) in [5.41, 5.74) is -0.101. The molecule has 1 heterocycles. The summed E-state index contributed by atoms with van der Waals surface area (Å²) in [6.45, 7) is 8.06. The molecule has 0 bridgehead atoms. The number of carbonyl (C=O) groups is 1. The Morgan fingerprint density at radius 3 is 2.27 bits per heavy atom. The number of rotatable bonds is 5. The van der Waals surface area contributed by atoms with Crippen molar-refractivity contribution >= 4 is 11.7 Å². The molecule has 0 saturated carbocycles. The van der Waals surface area contributed by atoms with Crippen LogP contribution in [0.25, 0.3) is 0 Å². The van der Waals surface area contributed by atoms with Crippen LogP contribution >= 0.6 is 0 Å². The van der Waals surface area contributed by atoms with Crippen molar-refractivity contribution in [2.75, 3.05) is 7.05 Å². The van der Waals surface area contributed by atoms with Gasteiger partial charge in [0.05, 0.1) is 0 Å². The van der Waals surface area contributed by atoms with Crippen LogP contribution in [0, 0.1) is 5.82 Å². The van der Waals surface area contributed by atoms with Crippen LogP contribution in [-0.4, -0.2) is 23.7 Å². The van der Waals surface area contributed by atoms with Gasteiger partial charge in [0, 0.05) is 13.5 Å². The molecule has 22 heavy (non-hydrogen) atoms. The lowest BCUT2D eigenvalue weighted by molar-refractivity contribution is -0.130. The van der Waals surface area contributed by atoms with Crippen LogP contribution in [0.2, 0.25) is 0 Å². The van der Waals surface area contributed by atoms with Gasteiger partial charge in [0.15, 0.2) is 5.54 Å². The average molecular weight is 306 g/mol. The van der Waals surface area contributed by atoms with Crippen molar-refractivity contribution in [1.82, 2.24) is 4.90 Å². The second kappa shape index (κ2) is 8.06. The van der Waals surface area contributed by atoms with Crippen LogP contribution in [0.15, 0.2) is 29.3 Å². The van der Waals surface area contributed by atoms with Crippen molar-refractivity contribution in [1.29, 1.82) is 0 Å². The Bertz CT molecular complexity index is 524. The molecule has 1 aliphatic heterocycles. The van der Waals surface area contributed by atoms with Gasteiger partial charge < -0.3 is 4.90 Å². The highest BCUT2D eigenvalue weighted by Crippen LogP contribution is 2.37. The van der Waals surface area contributed by atoms with Gasteiger partial charge in [-0.3, -0.25) is 9.79 Å². The lowest BCUT2D eigenvalue weighted by Crippen LogP contribution is -2.38. The van der Waals surface area contributed by atoms with Crippen LogP contribution in [0.1, 0.15) is 58.9 Å². The predicted molar refractivity (Wildman–Crippen MR) is 89.4 cm³/mol. The number of benzene rings is 1. The topological polar surface area (TPSA) is 32.7 Å². The van der Waals surface area contributed by atoms with E-state index in [4.69, 9.17) is 4.99 Å². The summed E-state index contributed by atoms with van der Waals surface area (Å²) in [5, 5.41) is 0. The van der Waals surface area contributed by atoms with E-state index in [2.05, 4.69) is 6.92 Å². The van der Waals surface area contributed by atoms with Crippen LogP contribution in [0.5, 0.6) is 0 Å². The third-order valence-electron chi connectivity index (χ3n) is 3.95. The second-order valence-corrected chi connectivity index (χ2v) is 5.22. The summed E-state index contributed by atoms with van der Waals surface area (Å²) in [6.07, 6.45) is 3.47. The number of hydrogen-bond donors (Lipinski definition) is 0. The van der Waals surface area contributed by atoms with E-state index in [1.807, 2.05) is 20.8 Å². The van der Waals surface area contributed by atoms with E-state index in [0.717, 1.165) is 30.7 Å². The molecule has 0 aliphatic carbocycles. The first kappa shape index (κ1) is 18.3. The zero-order valence-electron chi connectivity index (χ0n) is 14.3. The minimum absolute atomic E-state index is 0.0160. The molecule has 1 amide bonds. The number of amides is 1. The second-order valence-electron chi connectivity index (χ2n) is 5.22. The Hall–Kier alpha value is -1.71. The van der Waals surface area contributed by atoms with E-state index in [1.54, 1.807) is 24.1 Å². The SMILES string of the molecule is CC.CCCCC1=NC(CC)(c2ccc(F)cc2)C(=O)N1C. The number of aliphatic imine (C=N–C) groups is 1. The Morgan fingerprint density at radius 1 is 1.18 bits per heavy atom. The molecule has 0 spiro atoms. The van der Waals surface area contributed by atoms with E-state index >= 15 is 0 Å². The first-order chi connectivity index (χ1) is 10.5. The Kier molecular flexibility index (Phi) is 6.72. The molecule has 2 rings (SSSR count). The van der Waals surface area contributed by atoms with Gasteiger partial charge in [-0.05, 0) is 30.5 Å². The number of halogens is 1. The van der Waals surface area contributed by atoms with Crippen molar-refractivity contribution in [3.05, 3.63) is 35.6 Å². The van der Waals surface area contributed by atoms with Crippen molar-refractivity contribution in [3.63, 3.8) is 0 Å². The van der Waals surface area contributed by atoms with Gasteiger partial charge in [0.25, 0.3) is 5.91 Å². The highest BCUT2D eigenvalue weighted by Gasteiger charge is 2.46. The van der Waals surface area contributed by atoms with Crippen LogP contribution in [0.4, 0.5) is 4.39 Å². The van der Waals surface area contributed by atoms with Gasteiger partial charge in [0.2, 0.25) is 0 Å². The minimum Gasteiger partial charge on any atom is -0.301 e. The molecular formula is C18H27FN2O. The Balaban J connectivity index is 0.00000116. The van der Waals surface area contributed by atoms with Crippen molar-refractivity contribution in [2.45, 2.75) is 58.9 Å². The van der Waals surface area contributed by atoms with Crippen LogP contribution < -0.4 is 0 Å². The first-order valence-corrected chi connectivity index (χ1v) is 8.18. The van der Waals surface area contributed by atoms with E-state index in [0.29, 0.717) is 6.42 Å². The molecule has 0 saturated heterocycles. The van der Waals surface area contributed by atoms with E-state index in [-0.39, 0.29) is 11.7 Å². The van der Waals surface area contributed by atoms with E-state index < -0.39 is 5.54 Å². The number of amidine groups is 1. The minimum atomic E-state index is -0.870. The summed E-state index contributed by atoms with van der Waals surface area (Å²) in [4.78, 5) is 19.0. The third kappa shape index (κ3) is 3.37. The van der Waals surface area contributed by atoms with Crippen molar-refractivity contribution < 1.29 is 9.18 Å². The van der Waals surface area contributed by atoms with Crippen LogP contribution in [-0.2, 0) is 10.3 Å². The molecule has 1 aromatic rings. The highest BCUT2D eigenvalue weighted by molar-refractivity contribution is 6.08. The van der Waals surface area contributed by atoms with Gasteiger partial charge >= 0.3 is 0 Å². The lowest BCUT2D eigenvalue weighted by atomic mass is 9.87. The van der Waals surface area contributed by atoms with E-state index in [1.165, 1.54) is 12.1 Å². The molecule has 1 atom stereocenters. The fraction of sp³-hybridized carbons (Fsp3) is 0.556. The van der Waals surface area contributed by atoms with Gasteiger partial charge in [-0.15, -0.1) is 0 Å². The zero-order chi connectivity index (χ0) is 16.8. The maximum atomic E-state index is 13.1. The number of likely N-dealkylation sites (N-methyl/N-ethyl adjacent to an activating group) is 1. The maximum absolute atomic E-state index is 13.1. The predicted octanol–water partition coefficient (Wildman–Crippen LogP) is 4.52. The molecule has 0 aromatic heterocycles. The lowest BCUT2D eigenvalue weighted by Gasteiger charge is -2.24. The molecule has 0 radical (unpaired) electrons. The Labute approximate surface area is 133 Å². The number of carbonyl (C=O) groups excluding carboxylic acids is 1. The Morgan fingerprint density at radius 2 is 1.77 bits per heavy atom. The summed E-state index contributed by atoms with van der Waals surface area (Å²) in [7, 11) is 1.78. The number of nitrogens with zero attached hydrogens (tertiary/aromatic N) is 2. The molecular weight excluding hydrogens is 279 g/mol. The average Bonchev–Trinajstić information content (AvgIpc) is 2.81. The molecule has 1 aromatic carbocycles. The first-order valence-electron chi connectivity index (χ1n) is 8.18. The van der Waals surface area contributed by atoms with Crippen LogP contribution in [0.3, 0.4) is 0 Å². The fourth-order valence-corrected chi connectivity index (χ4v) is 2.64. The monoisotopic (exact) mass is 306 g/mol. The van der Waals surface area contributed by atoms with Gasteiger partial charge in [0.1, 0.15) is 11.7 Å². The fourth-order valence-electron chi connectivity index (χ4n) is 2.64. The summed E-state index contributed by atoms with van der Waals surface area (Å²) < 4.78 is 13.1. The number of unbranched alkanes of at least 4 members (excludes halogenated alkanes) is 1. The van der Waals surface area contributed by atoms with Gasteiger partial charge in [-0.1, -0.05) is 46.2 Å². The number of hydrogen-bond acceptors (Lipinski definition) is 2. The maximum Gasteiger partial charge on any atom is 0.260 e. The van der Waals surface area contributed by atoms with Gasteiger partial charge in [-0.25, -0.2) is 4.39 Å². The van der Waals surface area contributed by atoms with Gasteiger partial charge in [-0.2, -0.15) is 0 Å². The van der Waals surface area contributed by atoms with E-state index in [9.17, 15) is 9.18 Å². The zero-order valence-corrected chi connectivity index (χ0v) is 14.3. The highest BCUT2D eigenvalue weighted by atomic mass is 19.1. The molecule has 4 heteroatoms. The molecule has 1 aliphatic rings. The summed E-state index contributed by atoms with van der Waals surface area (Å²) in [6, 6.07) is 6.10. The normalized spacial score (nSPS) is 20.5. The molecule has 1 unspecified atom stereocenters. The standard InChI is InChI=1S/C16H21FN2O.C2H6/c1-4-6-7-14-18-16(5-2,15(20)19(14)3)12-8-10-13(17)11-9-12;1-2/h8-11H,4-7H2,1-3H3;1-2H3. The molecule has 122 valence electrons. The molecule has 3 nitrogen and oxygen atoms in total. The smallest absolute Gasteiger partial charge is 0.260 e. The summed E-state index contributed by atoms with van der Waals surface area (Å²) >= 11 is 0. The molecule has 0 fully saturated rings. The third-order valence-corrected chi connectivity index (χ3v) is 3.95. The molecule has 0 N–H and O–H groups in total. The quantitative estimate of drug-likeness (QED) is 0.787. The summed E-state index contributed by atoms with van der Waals surface area (Å²) in [5.74, 6) is 0.523.